The Hall–Kier alpha value is -7.56. The van der Waals surface area contributed by atoms with Crippen LogP contribution in [0.15, 0.2) is 72.8 Å². The van der Waals surface area contributed by atoms with Crippen molar-refractivity contribution in [1.29, 1.82) is 0 Å². The Balaban J connectivity index is 0.000000225. The van der Waals surface area contributed by atoms with E-state index in [1.807, 2.05) is 74.5 Å². The minimum absolute atomic E-state index is 0.00475. The molecule has 4 saturated heterocycles. The molecule has 546 valence electrons. The monoisotopic (exact) mass is 1460 g/mol. The molecule has 2 aromatic carbocycles. The van der Waals surface area contributed by atoms with Crippen molar-refractivity contribution < 1.29 is 81.0 Å². The Labute approximate surface area is 601 Å². The summed E-state index contributed by atoms with van der Waals surface area (Å²) in [5.74, 6) is -5.01. The second-order valence-electron chi connectivity index (χ2n) is 28.2. The lowest BCUT2D eigenvalue weighted by Gasteiger charge is -2.38. The SMILES string of the molecule is C[C@@H]1NC(=O)[C@H](C2CCC2)OC(=O)C2(/C=C/c3ccc4ccc(nc4c3)[C@@H](C)NC(=O)[C@@H]3CCCN(N3)C1=O)COCOC2.C[C@H](NC(=O)C(OC(=O)C1(/C=C/c2ccc3ccc([C@@H](C)NC(=O)OC(C)(C)C)nc3c2)COCOC1)C1CCC1)C(=O)N1CCC[C@@H](C(=O)OCC(Cl)(Cl)Cl)C1. The predicted octanol–water partition coefficient (Wildman–Crippen LogP) is 8.33. The number of fused-ring (bicyclic) bond motifs is 5. The Bertz CT molecular complexity index is 3770. The number of hydrazine groups is 1. The number of halogens is 3. The third kappa shape index (κ3) is 19.8. The number of ether oxygens (including phenoxy) is 8. The fourth-order valence-electron chi connectivity index (χ4n) is 12.8. The molecule has 6 fully saturated rings. The number of cyclic esters (lactones) is 1. The van der Waals surface area contributed by atoms with Gasteiger partial charge in [0.2, 0.25) is 15.6 Å². The predicted molar refractivity (Wildman–Crippen MR) is 372 cm³/mol. The highest BCUT2D eigenvalue weighted by Crippen LogP contribution is 2.38. The number of amides is 6. The summed E-state index contributed by atoms with van der Waals surface area (Å²) in [7, 11) is 0. The standard InChI is InChI=1S/C40H51Cl3N4O10.C32H39N5O7/c1-24(45-37(52)57-38(3,4)5)30-14-13-27-12-11-26(18-31(27)46-30)15-16-39(20-53-23-54-21-39)36(51)56-32(28-8-6-9-28)33(48)44-25(2)34(49)47-17-7-10-29(19-47)35(50)55-22-40(41,42)43;1-19-24-11-10-22-9-8-21(15-26(22)35-24)12-13-32(16-42-18-43-17-32)31(41)44-27(23-5-3-6-23)29(39)34-20(2)30(40)37-14-4-7-25(36-37)28(38)33-19/h11-16,18,24-25,28-29,32H,6-10,17,19-23H2,1-5H3,(H,44,48)(H,45,52);8-13,15,19-20,23,25,27,36H,3-7,14,16-18H2,1-2H3,(H,33,38)(H,34,39)/b16-15+;13-12+/t24-,25+,29-,32?;19-,20+,25+,27+/m11/s1. The summed E-state index contributed by atoms with van der Waals surface area (Å²) < 4.78 is 43.0. The third-order valence-corrected chi connectivity index (χ3v) is 19.4. The molecule has 7 aliphatic rings. The van der Waals surface area contributed by atoms with E-state index in [0.29, 0.717) is 68.5 Å². The lowest BCUT2D eigenvalue weighted by molar-refractivity contribution is -0.194. The van der Waals surface area contributed by atoms with E-state index in [9.17, 15) is 43.2 Å². The maximum Gasteiger partial charge on any atom is 0.408 e. The van der Waals surface area contributed by atoms with Gasteiger partial charge in [-0.15, -0.1) is 0 Å². The molecule has 2 saturated carbocycles. The molecule has 4 aromatic rings. The first kappa shape index (κ1) is 76.1. The molecule has 2 aliphatic carbocycles. The lowest BCUT2D eigenvalue weighted by atomic mass is 9.80. The number of benzene rings is 2. The summed E-state index contributed by atoms with van der Waals surface area (Å²) in [6.45, 7) is 12.7. The summed E-state index contributed by atoms with van der Waals surface area (Å²) in [5, 5.41) is 14.5. The second kappa shape index (κ2) is 33.3. The second-order valence-corrected chi connectivity index (χ2v) is 30.8. The van der Waals surface area contributed by atoms with Crippen molar-refractivity contribution in [2.45, 2.75) is 164 Å². The van der Waals surface area contributed by atoms with Crippen LogP contribution in [0, 0.1) is 28.6 Å². The van der Waals surface area contributed by atoms with Gasteiger partial charge in [0.15, 0.2) is 12.2 Å². The Kier molecular flexibility index (Phi) is 25.1. The van der Waals surface area contributed by atoms with Gasteiger partial charge in [-0.1, -0.05) is 108 Å². The number of esters is 3. The van der Waals surface area contributed by atoms with Gasteiger partial charge in [0.1, 0.15) is 54.7 Å². The molecule has 8 atom stereocenters. The molecule has 29 heteroatoms. The maximum atomic E-state index is 14.1. The highest BCUT2D eigenvalue weighted by atomic mass is 35.6. The number of nitrogens with zero attached hydrogens (tertiary/aromatic N) is 4. The number of carbonyl (C=O) groups excluding carboxylic acids is 9. The molecule has 7 heterocycles. The van der Waals surface area contributed by atoms with E-state index in [4.69, 9.17) is 82.7 Å². The van der Waals surface area contributed by atoms with Crippen LogP contribution >= 0.6 is 34.8 Å². The molecule has 1 spiro atoms. The van der Waals surface area contributed by atoms with E-state index in [1.54, 1.807) is 58.9 Å². The molecule has 11 rings (SSSR count). The first-order valence-electron chi connectivity index (χ1n) is 34.5. The molecular formula is C72H90Cl3N9O17. The Morgan fingerprint density at radius 3 is 2.08 bits per heavy atom. The molecule has 5 N–H and O–H groups in total. The minimum atomic E-state index is -1.75. The van der Waals surface area contributed by atoms with Crippen LogP contribution in [0.3, 0.4) is 0 Å². The maximum absolute atomic E-state index is 14.1. The fraction of sp³-hybridized carbons (Fsp3) is 0.569. The van der Waals surface area contributed by atoms with Gasteiger partial charge < -0.3 is 64.1 Å². The topological polar surface area (TPSA) is 320 Å². The third-order valence-electron chi connectivity index (χ3n) is 19.0. The quantitative estimate of drug-likeness (QED) is 0.0477. The summed E-state index contributed by atoms with van der Waals surface area (Å²) in [5.41, 5.74) is 4.03. The Morgan fingerprint density at radius 1 is 0.752 bits per heavy atom. The van der Waals surface area contributed by atoms with Gasteiger partial charge in [-0.05, 0) is 135 Å². The molecule has 6 amide bonds. The van der Waals surface area contributed by atoms with Gasteiger partial charge in [-0.3, -0.25) is 53.3 Å². The van der Waals surface area contributed by atoms with Gasteiger partial charge in [0.05, 0.1) is 66.9 Å². The van der Waals surface area contributed by atoms with Crippen molar-refractivity contribution in [3.05, 3.63) is 95.3 Å². The molecule has 101 heavy (non-hydrogen) atoms. The smallest absolute Gasteiger partial charge is 0.408 e. The zero-order chi connectivity index (χ0) is 72.4. The summed E-state index contributed by atoms with van der Waals surface area (Å²) >= 11 is 17.1. The van der Waals surface area contributed by atoms with Gasteiger partial charge in [-0.2, -0.15) is 0 Å². The van der Waals surface area contributed by atoms with Crippen LogP contribution in [0.2, 0.25) is 0 Å². The van der Waals surface area contributed by atoms with Gasteiger partial charge in [-0.25, -0.2) is 10.2 Å². The first-order valence-corrected chi connectivity index (χ1v) is 35.6. The number of piperidine rings is 1. The lowest BCUT2D eigenvalue weighted by Crippen LogP contribution is -2.61. The van der Waals surface area contributed by atoms with E-state index in [2.05, 4.69) is 26.7 Å². The van der Waals surface area contributed by atoms with E-state index in [1.165, 1.54) is 9.91 Å². The molecule has 0 radical (unpaired) electrons. The van der Waals surface area contributed by atoms with Crippen LogP contribution in [0.25, 0.3) is 34.0 Å². The summed E-state index contributed by atoms with van der Waals surface area (Å²) in [4.78, 5) is 131. The van der Waals surface area contributed by atoms with Crippen molar-refractivity contribution in [3.63, 3.8) is 0 Å². The zero-order valence-electron chi connectivity index (χ0n) is 57.9. The fourth-order valence-corrected chi connectivity index (χ4v) is 12.9. The minimum Gasteiger partial charge on any atom is -0.461 e. The number of likely N-dealkylation sites (tertiary alicyclic amines) is 1. The molecular weight excluding hydrogens is 1370 g/mol. The van der Waals surface area contributed by atoms with Crippen molar-refractivity contribution >= 4 is 122 Å². The number of hydrogen-bond acceptors (Lipinski definition) is 20. The van der Waals surface area contributed by atoms with E-state index < -0.39 is 105 Å². The number of hydrogen-bond donors (Lipinski definition) is 5. The number of pyridine rings is 2. The Morgan fingerprint density at radius 2 is 1.41 bits per heavy atom. The molecule has 5 aliphatic heterocycles. The van der Waals surface area contributed by atoms with E-state index >= 15 is 0 Å². The summed E-state index contributed by atoms with van der Waals surface area (Å²) in [6, 6.07) is 15.7. The van der Waals surface area contributed by atoms with Crippen LogP contribution in [0.5, 0.6) is 0 Å². The van der Waals surface area contributed by atoms with Crippen LogP contribution in [0.4, 0.5) is 4.79 Å². The number of nitrogens with one attached hydrogen (secondary N) is 5. The number of aromatic nitrogens is 2. The number of alkyl halides is 3. The highest BCUT2D eigenvalue weighted by Gasteiger charge is 2.48. The van der Waals surface area contributed by atoms with Crippen LogP contribution < -0.4 is 26.7 Å². The molecule has 1 unspecified atom stereocenters. The van der Waals surface area contributed by atoms with Crippen LogP contribution in [0.1, 0.15) is 147 Å². The number of alkyl carbamates (subject to hydrolysis) is 1. The normalized spacial score (nSPS) is 24.4. The van der Waals surface area contributed by atoms with Crippen LogP contribution in [-0.4, -0.2) is 179 Å². The number of carbonyl (C=O) groups is 9. The van der Waals surface area contributed by atoms with E-state index in [-0.39, 0.29) is 82.2 Å². The van der Waals surface area contributed by atoms with E-state index in [0.717, 1.165) is 53.1 Å². The van der Waals surface area contributed by atoms with Crippen molar-refractivity contribution in [2.24, 2.45) is 28.6 Å². The van der Waals surface area contributed by atoms with Crippen molar-refractivity contribution in [1.82, 2.24) is 46.6 Å². The van der Waals surface area contributed by atoms with Crippen LogP contribution in [-0.2, 0) is 76.3 Å². The largest absolute Gasteiger partial charge is 0.461 e. The zero-order valence-corrected chi connectivity index (χ0v) is 60.1. The molecule has 2 aromatic heterocycles. The number of rotatable bonds is 13. The first-order chi connectivity index (χ1) is 48.0. The highest BCUT2D eigenvalue weighted by molar-refractivity contribution is 6.67. The van der Waals surface area contributed by atoms with Crippen molar-refractivity contribution in [3.8, 4) is 0 Å². The average molecular weight is 1460 g/mol. The average Bonchev–Trinajstić information content (AvgIpc) is 0.868. The van der Waals surface area contributed by atoms with Gasteiger partial charge >= 0.3 is 24.0 Å². The van der Waals surface area contributed by atoms with Gasteiger partial charge in [0.25, 0.3) is 17.7 Å². The molecule has 26 nitrogen and oxygen atoms in total. The molecule has 5 bridgehead atoms. The van der Waals surface area contributed by atoms with Gasteiger partial charge in [0, 0.05) is 42.2 Å². The van der Waals surface area contributed by atoms with Crippen molar-refractivity contribution in [2.75, 3.05) is 66.3 Å². The summed E-state index contributed by atoms with van der Waals surface area (Å²) in [6.07, 6.45) is 11.0.